The Hall–Kier alpha value is -2.16. The van der Waals surface area contributed by atoms with Crippen LogP contribution in [-0.2, 0) is 19.1 Å². The largest absolute Gasteiger partial charge is 0.394 e. The molecule has 3 saturated heterocycles. The fourth-order valence-electron chi connectivity index (χ4n) is 6.89. The number of ether oxygens (including phenoxy) is 1. The molecule has 4 rings (SSSR count). The number of likely N-dealkylation sites (tertiary alicyclic amines) is 1. The molecule has 8 atom stereocenters. The van der Waals surface area contributed by atoms with E-state index in [1.807, 2.05) is 53.7 Å². The highest BCUT2D eigenvalue weighted by Crippen LogP contribution is 2.65. The van der Waals surface area contributed by atoms with E-state index >= 15 is 0 Å². The minimum absolute atomic E-state index is 0.0533. The highest BCUT2D eigenvalue weighted by Gasteiger charge is 2.80. The van der Waals surface area contributed by atoms with Crippen molar-refractivity contribution in [3.05, 3.63) is 28.8 Å². The number of hydrogen-bond donors (Lipinski definition) is 3. The maximum absolute atomic E-state index is 14.3. The molecule has 3 fully saturated rings. The molecule has 1 spiro atoms. The van der Waals surface area contributed by atoms with Crippen molar-refractivity contribution in [2.75, 3.05) is 18.5 Å². The predicted molar refractivity (Wildman–Crippen MR) is 142 cm³/mol. The van der Waals surface area contributed by atoms with E-state index in [9.17, 15) is 19.5 Å². The number of halogens is 1. The Bertz CT molecular complexity index is 1060. The molecule has 1 aromatic rings. The summed E-state index contributed by atoms with van der Waals surface area (Å²) in [5.74, 6) is -2.60. The fourth-order valence-corrected chi connectivity index (χ4v) is 7.16. The van der Waals surface area contributed by atoms with Gasteiger partial charge in [0.2, 0.25) is 17.7 Å². The standard InChI is InChI=1S/C28H40ClN3O5/c1-7-12-30-24(34)20-21-26(36)32(19(14-33)15(3)8-2)23(28(21)13-17(5)27(20,6)37-28)25(35)31-22-16(4)10-9-11-18(22)29/h9-11,15,17,19-21,23,33H,7-8,12-14H2,1-6H3,(H,30,34)(H,31,35)/t15-,17?,19-,20+,21-,23?,27-,28?/m0/s1. The van der Waals surface area contributed by atoms with Crippen LogP contribution in [0.1, 0.15) is 59.4 Å². The number of benzene rings is 1. The van der Waals surface area contributed by atoms with Crippen LogP contribution in [-0.4, -0.2) is 64.2 Å². The van der Waals surface area contributed by atoms with Crippen molar-refractivity contribution in [2.24, 2.45) is 23.7 Å². The first-order chi connectivity index (χ1) is 17.5. The maximum Gasteiger partial charge on any atom is 0.250 e. The molecule has 3 unspecified atom stereocenters. The summed E-state index contributed by atoms with van der Waals surface area (Å²) in [6, 6.07) is 3.76. The van der Waals surface area contributed by atoms with E-state index in [1.165, 1.54) is 4.90 Å². The first-order valence-electron chi connectivity index (χ1n) is 13.4. The quantitative estimate of drug-likeness (QED) is 0.450. The minimum Gasteiger partial charge on any atom is -0.394 e. The lowest BCUT2D eigenvalue weighted by Crippen LogP contribution is -2.57. The van der Waals surface area contributed by atoms with Crippen LogP contribution in [0.2, 0.25) is 5.02 Å². The zero-order chi connectivity index (χ0) is 27.3. The number of hydrogen-bond acceptors (Lipinski definition) is 5. The van der Waals surface area contributed by atoms with Gasteiger partial charge in [0.05, 0.1) is 40.8 Å². The number of amides is 3. The maximum atomic E-state index is 14.3. The van der Waals surface area contributed by atoms with Gasteiger partial charge in [-0.25, -0.2) is 0 Å². The lowest BCUT2D eigenvalue weighted by Gasteiger charge is -2.39. The summed E-state index contributed by atoms with van der Waals surface area (Å²) in [6.07, 6.45) is 1.94. The SMILES string of the molecule is CCCNC(=O)[C@H]1[C@H]2C(=O)N([C@@H](CO)[C@@H](C)CC)C(C(=O)Nc3c(C)cccc3Cl)C23CC(C)[C@]1(C)O3. The molecule has 3 aliphatic rings. The number of anilines is 1. The van der Waals surface area contributed by atoms with Gasteiger partial charge in [0, 0.05) is 6.54 Å². The smallest absolute Gasteiger partial charge is 0.250 e. The topological polar surface area (TPSA) is 108 Å². The second-order valence-corrected chi connectivity index (χ2v) is 11.7. The van der Waals surface area contributed by atoms with Crippen LogP contribution in [0.5, 0.6) is 0 Å². The molecule has 1 aromatic carbocycles. The second kappa shape index (κ2) is 10.2. The van der Waals surface area contributed by atoms with E-state index in [-0.39, 0.29) is 30.3 Å². The van der Waals surface area contributed by atoms with Crippen LogP contribution in [0.15, 0.2) is 18.2 Å². The third-order valence-electron chi connectivity index (χ3n) is 9.15. The summed E-state index contributed by atoms with van der Waals surface area (Å²) < 4.78 is 6.74. The van der Waals surface area contributed by atoms with Gasteiger partial charge < -0.3 is 25.4 Å². The van der Waals surface area contributed by atoms with Crippen molar-refractivity contribution in [2.45, 2.75) is 84.1 Å². The number of carbonyl (C=O) groups is 3. The molecular weight excluding hydrogens is 494 g/mol. The van der Waals surface area contributed by atoms with Gasteiger partial charge in [-0.3, -0.25) is 14.4 Å². The molecule has 3 heterocycles. The Morgan fingerprint density at radius 2 is 2.00 bits per heavy atom. The van der Waals surface area contributed by atoms with Gasteiger partial charge in [-0.2, -0.15) is 0 Å². The average molecular weight is 534 g/mol. The molecule has 0 aliphatic carbocycles. The van der Waals surface area contributed by atoms with Crippen molar-refractivity contribution < 1.29 is 24.2 Å². The van der Waals surface area contributed by atoms with E-state index in [4.69, 9.17) is 16.3 Å². The number of rotatable bonds is 9. The Morgan fingerprint density at radius 1 is 1.30 bits per heavy atom. The van der Waals surface area contributed by atoms with Crippen molar-refractivity contribution in [3.63, 3.8) is 0 Å². The number of aliphatic hydroxyl groups excluding tert-OH is 1. The third kappa shape index (κ3) is 4.16. The first kappa shape index (κ1) is 27.9. The number of fused-ring (bicyclic) bond motifs is 1. The number of aryl methyl sites for hydroxylation is 1. The van der Waals surface area contributed by atoms with Gasteiger partial charge in [-0.1, -0.05) is 57.8 Å². The minimum atomic E-state index is -1.18. The number of carbonyl (C=O) groups excluding carboxylic acids is 3. The Kier molecular flexibility index (Phi) is 7.68. The number of nitrogens with zero attached hydrogens (tertiary/aromatic N) is 1. The summed E-state index contributed by atoms with van der Waals surface area (Å²) in [7, 11) is 0. The first-order valence-corrected chi connectivity index (χ1v) is 13.8. The van der Waals surface area contributed by atoms with Gasteiger partial charge >= 0.3 is 0 Å². The molecule has 3 amide bonds. The molecule has 3 N–H and O–H groups in total. The van der Waals surface area contributed by atoms with E-state index in [0.717, 1.165) is 12.0 Å². The van der Waals surface area contributed by atoms with Crippen molar-refractivity contribution in [1.82, 2.24) is 10.2 Å². The number of aliphatic hydroxyl groups is 1. The van der Waals surface area contributed by atoms with Gasteiger partial charge in [-0.15, -0.1) is 0 Å². The molecule has 0 saturated carbocycles. The molecular formula is C28H40ClN3O5. The van der Waals surface area contributed by atoms with E-state index in [2.05, 4.69) is 10.6 Å². The normalized spacial score (nSPS) is 33.8. The van der Waals surface area contributed by atoms with Crippen LogP contribution in [0.25, 0.3) is 0 Å². The van der Waals surface area contributed by atoms with Gasteiger partial charge in [0.15, 0.2) is 0 Å². The molecule has 3 aliphatic heterocycles. The average Bonchev–Trinajstić information content (AvgIpc) is 3.37. The van der Waals surface area contributed by atoms with Crippen molar-refractivity contribution in [3.8, 4) is 0 Å². The van der Waals surface area contributed by atoms with Crippen molar-refractivity contribution >= 4 is 35.0 Å². The Morgan fingerprint density at radius 3 is 2.59 bits per heavy atom. The fraction of sp³-hybridized carbons (Fsp3) is 0.679. The molecule has 2 bridgehead atoms. The van der Waals surface area contributed by atoms with Gasteiger partial charge in [-0.05, 0) is 50.2 Å². The summed E-state index contributed by atoms with van der Waals surface area (Å²) in [5, 5.41) is 16.8. The van der Waals surface area contributed by atoms with E-state index < -0.39 is 41.0 Å². The van der Waals surface area contributed by atoms with Gasteiger partial charge in [0.1, 0.15) is 11.6 Å². The zero-order valence-electron chi connectivity index (χ0n) is 22.6. The summed E-state index contributed by atoms with van der Waals surface area (Å²) in [5.41, 5.74) is -0.789. The lowest BCUT2D eigenvalue weighted by molar-refractivity contribution is -0.150. The monoisotopic (exact) mass is 533 g/mol. The Labute approximate surface area is 224 Å². The Balaban J connectivity index is 1.84. The lowest BCUT2D eigenvalue weighted by atomic mass is 9.62. The van der Waals surface area contributed by atoms with Crippen molar-refractivity contribution in [1.29, 1.82) is 0 Å². The van der Waals surface area contributed by atoms with Crippen LogP contribution >= 0.6 is 11.6 Å². The highest BCUT2D eigenvalue weighted by atomic mass is 35.5. The third-order valence-corrected chi connectivity index (χ3v) is 9.46. The predicted octanol–water partition coefficient (Wildman–Crippen LogP) is 3.53. The summed E-state index contributed by atoms with van der Waals surface area (Å²) >= 11 is 6.44. The van der Waals surface area contributed by atoms with Crippen LogP contribution in [0.4, 0.5) is 5.69 Å². The summed E-state index contributed by atoms with van der Waals surface area (Å²) in [6.45, 7) is 11.9. The van der Waals surface area contributed by atoms with Crippen LogP contribution < -0.4 is 10.6 Å². The van der Waals surface area contributed by atoms with E-state index in [0.29, 0.717) is 30.1 Å². The van der Waals surface area contributed by atoms with E-state index in [1.54, 1.807) is 6.07 Å². The second-order valence-electron chi connectivity index (χ2n) is 11.3. The number of para-hydroxylation sites is 1. The molecule has 37 heavy (non-hydrogen) atoms. The molecule has 0 radical (unpaired) electrons. The van der Waals surface area contributed by atoms with Gasteiger partial charge in [0.25, 0.3) is 0 Å². The molecule has 9 heteroatoms. The number of nitrogens with one attached hydrogen (secondary N) is 2. The van der Waals surface area contributed by atoms with Crippen LogP contribution in [0.3, 0.4) is 0 Å². The zero-order valence-corrected chi connectivity index (χ0v) is 23.4. The van der Waals surface area contributed by atoms with Crippen LogP contribution in [0, 0.1) is 30.6 Å². The molecule has 204 valence electrons. The highest BCUT2D eigenvalue weighted by molar-refractivity contribution is 6.34. The molecule has 0 aromatic heterocycles. The summed E-state index contributed by atoms with van der Waals surface area (Å²) in [4.78, 5) is 43.5. The molecule has 8 nitrogen and oxygen atoms in total.